The fourth-order valence-electron chi connectivity index (χ4n) is 6.41. The molecule has 41 heavy (non-hydrogen) atoms. The molecule has 0 radical (unpaired) electrons. The van der Waals surface area contributed by atoms with Crippen molar-refractivity contribution in [1.82, 2.24) is 4.57 Å². The zero-order valence-corrected chi connectivity index (χ0v) is 27.0. The molecule has 3 aromatic rings. The number of imidazole rings is 1. The van der Waals surface area contributed by atoms with Gasteiger partial charge in [0.15, 0.2) is 0 Å². The lowest BCUT2D eigenvalue weighted by Crippen LogP contribution is -2.40. The Hall–Kier alpha value is -2.35. The van der Waals surface area contributed by atoms with E-state index in [9.17, 15) is 0 Å². The highest BCUT2D eigenvalue weighted by molar-refractivity contribution is 5.21. The summed E-state index contributed by atoms with van der Waals surface area (Å²) in [6.07, 6.45) is 27.3. The Morgan fingerprint density at radius 3 is 1.61 bits per heavy atom. The van der Waals surface area contributed by atoms with Crippen LogP contribution in [0.15, 0.2) is 66.9 Å². The van der Waals surface area contributed by atoms with E-state index in [0.717, 1.165) is 25.9 Å². The fraction of sp³-hybridized carbons (Fsp3) is 0.615. The predicted molar refractivity (Wildman–Crippen MR) is 178 cm³/mol. The highest BCUT2D eigenvalue weighted by Crippen LogP contribution is 2.21. The average Bonchev–Trinajstić information content (AvgIpc) is 3.32. The number of nitrogens with zero attached hydrogens (tertiary/aromatic N) is 2. The molecule has 1 unspecified atom stereocenters. The van der Waals surface area contributed by atoms with Crippen LogP contribution in [0.5, 0.6) is 0 Å². The molecule has 0 saturated carbocycles. The summed E-state index contributed by atoms with van der Waals surface area (Å²) in [5.74, 6) is 1.99. The Bertz CT molecular complexity index is 1040. The fourth-order valence-corrected chi connectivity index (χ4v) is 6.41. The Morgan fingerprint density at radius 1 is 0.610 bits per heavy atom. The SMILES string of the molecule is CCCCCCCCCCCCCCCCCCn1cc(CC(C)c2ccccc2)[n+](CC)c1Cc1ccccc1. The Morgan fingerprint density at radius 2 is 1.10 bits per heavy atom. The molecule has 0 bridgehead atoms. The van der Waals surface area contributed by atoms with Gasteiger partial charge in [-0.3, -0.25) is 0 Å². The van der Waals surface area contributed by atoms with E-state index in [-0.39, 0.29) is 0 Å². The van der Waals surface area contributed by atoms with Crippen LogP contribution >= 0.6 is 0 Å². The largest absolute Gasteiger partial charge is 0.261 e. The van der Waals surface area contributed by atoms with E-state index in [2.05, 4.69) is 96.8 Å². The first kappa shape index (κ1) is 33.2. The normalized spacial score (nSPS) is 12.2. The van der Waals surface area contributed by atoms with Crippen molar-refractivity contribution in [1.29, 1.82) is 0 Å². The minimum atomic E-state index is 0.518. The maximum Gasteiger partial charge on any atom is 0.261 e. The van der Waals surface area contributed by atoms with E-state index in [4.69, 9.17) is 0 Å². The molecule has 0 aliphatic carbocycles. The van der Waals surface area contributed by atoms with Crippen LogP contribution in [0.1, 0.15) is 152 Å². The lowest BCUT2D eigenvalue weighted by molar-refractivity contribution is -0.707. The molecule has 1 heterocycles. The molecule has 0 N–H and O–H groups in total. The Kier molecular flexibility index (Phi) is 16.6. The van der Waals surface area contributed by atoms with Gasteiger partial charge in [0.05, 0.1) is 19.5 Å². The van der Waals surface area contributed by atoms with Gasteiger partial charge >= 0.3 is 0 Å². The number of hydrogen-bond donors (Lipinski definition) is 0. The van der Waals surface area contributed by atoms with E-state index in [1.807, 2.05) is 0 Å². The molecule has 0 spiro atoms. The summed E-state index contributed by atoms with van der Waals surface area (Å²) in [6.45, 7) is 9.16. The molecule has 2 nitrogen and oxygen atoms in total. The van der Waals surface area contributed by atoms with Crippen molar-refractivity contribution >= 4 is 0 Å². The van der Waals surface area contributed by atoms with Gasteiger partial charge in [-0.25, -0.2) is 9.13 Å². The lowest BCUT2D eigenvalue weighted by Gasteiger charge is -2.11. The summed E-state index contributed by atoms with van der Waals surface area (Å²) in [5.41, 5.74) is 4.32. The summed E-state index contributed by atoms with van der Waals surface area (Å²) in [4.78, 5) is 0. The van der Waals surface area contributed by atoms with Crippen LogP contribution in [0.4, 0.5) is 0 Å². The standard InChI is InChI=1S/C39H61N2/c1-4-6-7-8-9-10-11-12-13-14-15-16-17-18-19-26-31-40-34-38(32-35(3)37-29-24-21-25-30-37)41(5-2)39(40)33-36-27-22-20-23-28-36/h20-25,27-30,34-35H,4-19,26,31-33H2,1-3H3/q+1. The van der Waals surface area contributed by atoms with Gasteiger partial charge in [-0.05, 0) is 36.8 Å². The van der Waals surface area contributed by atoms with Crippen LogP contribution in [0, 0.1) is 0 Å². The molecule has 3 rings (SSSR count). The maximum atomic E-state index is 2.60. The van der Waals surface area contributed by atoms with Crippen LogP contribution in [-0.2, 0) is 25.9 Å². The number of aryl methyl sites for hydroxylation is 1. The molecule has 1 atom stereocenters. The molecule has 2 aromatic carbocycles. The highest BCUT2D eigenvalue weighted by Gasteiger charge is 2.24. The van der Waals surface area contributed by atoms with Crippen LogP contribution in [0.3, 0.4) is 0 Å². The molecule has 0 fully saturated rings. The first-order valence-electron chi connectivity index (χ1n) is 17.4. The summed E-state index contributed by atoms with van der Waals surface area (Å²) in [6, 6.07) is 22.0. The zero-order valence-electron chi connectivity index (χ0n) is 27.0. The van der Waals surface area contributed by atoms with Gasteiger partial charge in [0, 0.05) is 6.42 Å². The predicted octanol–water partition coefficient (Wildman–Crippen LogP) is 11.0. The number of unbranched alkanes of at least 4 members (excludes halogenated alkanes) is 15. The van der Waals surface area contributed by atoms with Gasteiger partial charge < -0.3 is 0 Å². The van der Waals surface area contributed by atoms with E-state index in [1.165, 1.54) is 125 Å². The quantitative estimate of drug-likeness (QED) is 0.0810. The van der Waals surface area contributed by atoms with E-state index in [0.29, 0.717) is 5.92 Å². The van der Waals surface area contributed by atoms with Gasteiger partial charge in [0.25, 0.3) is 5.82 Å². The first-order chi connectivity index (χ1) is 20.2. The highest BCUT2D eigenvalue weighted by atomic mass is 15.2. The molecule has 1 aromatic heterocycles. The molecule has 226 valence electrons. The monoisotopic (exact) mass is 557 g/mol. The zero-order chi connectivity index (χ0) is 29.0. The summed E-state index contributed by atoms with van der Waals surface area (Å²) in [5, 5.41) is 0. The third kappa shape index (κ3) is 12.6. The second-order valence-corrected chi connectivity index (χ2v) is 12.5. The molecule has 0 aliphatic heterocycles. The minimum absolute atomic E-state index is 0.518. The van der Waals surface area contributed by atoms with Crippen LogP contribution < -0.4 is 4.57 Å². The third-order valence-corrected chi connectivity index (χ3v) is 8.95. The summed E-state index contributed by atoms with van der Waals surface area (Å²) in [7, 11) is 0. The van der Waals surface area contributed by atoms with Crippen molar-refractivity contribution < 1.29 is 4.57 Å². The number of rotatable bonds is 23. The van der Waals surface area contributed by atoms with Gasteiger partial charge in [-0.15, -0.1) is 0 Å². The second-order valence-electron chi connectivity index (χ2n) is 12.5. The first-order valence-corrected chi connectivity index (χ1v) is 17.4. The molecule has 0 saturated heterocycles. The number of hydrogen-bond acceptors (Lipinski definition) is 0. The van der Waals surface area contributed by atoms with Crippen LogP contribution in [0.25, 0.3) is 0 Å². The Balaban J connectivity index is 1.40. The maximum absolute atomic E-state index is 2.60. The van der Waals surface area contributed by atoms with Crippen LogP contribution in [0.2, 0.25) is 0 Å². The van der Waals surface area contributed by atoms with Crippen molar-refractivity contribution in [2.75, 3.05) is 0 Å². The summed E-state index contributed by atoms with van der Waals surface area (Å²) >= 11 is 0. The van der Waals surface area contributed by atoms with Gasteiger partial charge in [0.1, 0.15) is 11.9 Å². The third-order valence-electron chi connectivity index (χ3n) is 8.95. The molecular formula is C39H61N2+. The lowest BCUT2D eigenvalue weighted by atomic mass is 9.96. The second kappa shape index (κ2) is 20.5. The van der Waals surface area contributed by atoms with E-state index < -0.39 is 0 Å². The smallest absolute Gasteiger partial charge is 0.234 e. The van der Waals surface area contributed by atoms with Gasteiger partial charge in [0.2, 0.25) is 0 Å². The molecule has 0 aliphatic rings. The Labute approximate surface area is 253 Å². The van der Waals surface area contributed by atoms with Crippen molar-refractivity contribution in [3.8, 4) is 0 Å². The van der Waals surface area contributed by atoms with E-state index in [1.54, 1.807) is 0 Å². The molecule has 2 heteroatoms. The minimum Gasteiger partial charge on any atom is -0.234 e. The number of aromatic nitrogens is 2. The van der Waals surface area contributed by atoms with Crippen molar-refractivity contribution in [3.05, 3.63) is 89.5 Å². The van der Waals surface area contributed by atoms with E-state index >= 15 is 0 Å². The topological polar surface area (TPSA) is 8.81 Å². The van der Waals surface area contributed by atoms with Crippen molar-refractivity contribution in [3.63, 3.8) is 0 Å². The average molecular weight is 558 g/mol. The van der Waals surface area contributed by atoms with Crippen molar-refractivity contribution in [2.45, 2.75) is 155 Å². The van der Waals surface area contributed by atoms with Gasteiger partial charge in [-0.2, -0.15) is 0 Å². The molecule has 0 amide bonds. The van der Waals surface area contributed by atoms with Crippen LogP contribution in [-0.4, -0.2) is 4.57 Å². The van der Waals surface area contributed by atoms with Gasteiger partial charge in [-0.1, -0.05) is 164 Å². The van der Waals surface area contributed by atoms with Crippen molar-refractivity contribution in [2.24, 2.45) is 0 Å². The summed E-state index contributed by atoms with van der Waals surface area (Å²) < 4.78 is 5.19. The molecular weight excluding hydrogens is 496 g/mol. The number of benzene rings is 2.